The van der Waals surface area contributed by atoms with Crippen molar-refractivity contribution in [1.29, 1.82) is 0 Å². The first-order valence-corrected chi connectivity index (χ1v) is 10.2. The Morgan fingerprint density at radius 1 is 1.00 bits per heavy atom. The Balaban J connectivity index is 1.37. The standard InChI is InChI=1S/C24H22N4O2/c1-3-28-14(2)25-20-13-17(10-12-21(20)28)23(29)26-27-24(30)19-11-9-16-8-7-15-5-4-6-18(19)22(15)16/h4-6,9-13H,3,7-8H2,1-2H3,(H,26,29)(H,27,30). The Bertz CT molecular complexity index is 1330. The van der Waals surface area contributed by atoms with Crippen LogP contribution in [0.5, 0.6) is 0 Å². The molecule has 0 atom stereocenters. The van der Waals surface area contributed by atoms with Gasteiger partial charge >= 0.3 is 0 Å². The second kappa shape index (κ2) is 6.99. The zero-order valence-electron chi connectivity index (χ0n) is 17.0. The van der Waals surface area contributed by atoms with Crippen molar-refractivity contribution in [2.45, 2.75) is 33.2 Å². The van der Waals surface area contributed by atoms with Crippen molar-refractivity contribution < 1.29 is 9.59 Å². The van der Waals surface area contributed by atoms with Gasteiger partial charge in [-0.1, -0.05) is 24.3 Å². The van der Waals surface area contributed by atoms with E-state index in [1.165, 1.54) is 16.5 Å². The number of carbonyl (C=O) groups is 2. The summed E-state index contributed by atoms with van der Waals surface area (Å²) in [4.78, 5) is 29.9. The maximum absolute atomic E-state index is 12.8. The average Bonchev–Trinajstić information content (AvgIpc) is 3.32. The van der Waals surface area contributed by atoms with Crippen molar-refractivity contribution in [3.05, 3.63) is 76.6 Å². The van der Waals surface area contributed by atoms with E-state index in [9.17, 15) is 9.59 Å². The molecule has 2 N–H and O–H groups in total. The third-order valence-electron chi connectivity index (χ3n) is 5.93. The van der Waals surface area contributed by atoms with E-state index >= 15 is 0 Å². The van der Waals surface area contributed by atoms with Crippen molar-refractivity contribution in [3.63, 3.8) is 0 Å². The highest BCUT2D eigenvalue weighted by molar-refractivity contribution is 6.10. The molecule has 150 valence electrons. The maximum atomic E-state index is 12.8. The summed E-state index contributed by atoms with van der Waals surface area (Å²) in [7, 11) is 0. The number of hydrogen-bond donors (Lipinski definition) is 2. The van der Waals surface area contributed by atoms with Crippen LogP contribution in [-0.2, 0) is 19.4 Å². The monoisotopic (exact) mass is 398 g/mol. The number of aromatic nitrogens is 2. The summed E-state index contributed by atoms with van der Waals surface area (Å²) in [6.07, 6.45) is 2.01. The molecule has 3 aromatic carbocycles. The van der Waals surface area contributed by atoms with Gasteiger partial charge < -0.3 is 4.57 Å². The minimum atomic E-state index is -0.375. The highest BCUT2D eigenvalue weighted by Crippen LogP contribution is 2.32. The molecule has 0 fully saturated rings. The first-order valence-electron chi connectivity index (χ1n) is 10.2. The number of benzene rings is 3. The summed E-state index contributed by atoms with van der Waals surface area (Å²) in [6, 6.07) is 15.3. The lowest BCUT2D eigenvalue weighted by Crippen LogP contribution is -2.41. The number of hydrogen-bond acceptors (Lipinski definition) is 3. The van der Waals surface area contributed by atoms with E-state index in [0.717, 1.165) is 41.6 Å². The molecule has 1 heterocycles. The van der Waals surface area contributed by atoms with Crippen molar-refractivity contribution in [1.82, 2.24) is 20.4 Å². The molecule has 0 saturated heterocycles. The van der Waals surface area contributed by atoms with Gasteiger partial charge in [0.25, 0.3) is 11.8 Å². The van der Waals surface area contributed by atoms with Crippen molar-refractivity contribution in [3.8, 4) is 0 Å². The molecule has 6 nitrogen and oxygen atoms in total. The lowest BCUT2D eigenvalue weighted by Gasteiger charge is -2.11. The lowest BCUT2D eigenvalue weighted by atomic mass is 10.00. The van der Waals surface area contributed by atoms with Gasteiger partial charge in [0.15, 0.2) is 0 Å². The number of fused-ring (bicyclic) bond motifs is 1. The number of imidazole rings is 1. The van der Waals surface area contributed by atoms with Gasteiger partial charge in [-0.15, -0.1) is 0 Å². The summed E-state index contributed by atoms with van der Waals surface area (Å²) in [5.41, 5.74) is 10.4. The van der Waals surface area contributed by atoms with Crippen LogP contribution in [0.15, 0.2) is 48.5 Å². The van der Waals surface area contributed by atoms with Gasteiger partial charge in [-0.05, 0) is 72.9 Å². The van der Waals surface area contributed by atoms with Crippen LogP contribution >= 0.6 is 0 Å². The summed E-state index contributed by atoms with van der Waals surface area (Å²) in [6.45, 7) is 4.82. The summed E-state index contributed by atoms with van der Waals surface area (Å²) in [5, 5.41) is 2.10. The number of hydrazine groups is 1. The fourth-order valence-corrected chi connectivity index (χ4v) is 4.49. The predicted octanol–water partition coefficient (Wildman–Crippen LogP) is 3.69. The molecule has 6 heteroatoms. The fraction of sp³-hybridized carbons (Fsp3) is 0.208. The molecule has 30 heavy (non-hydrogen) atoms. The molecule has 1 aromatic heterocycles. The third-order valence-corrected chi connectivity index (χ3v) is 5.93. The first kappa shape index (κ1) is 18.4. The van der Waals surface area contributed by atoms with Gasteiger partial charge in [0.1, 0.15) is 5.82 Å². The van der Waals surface area contributed by atoms with Gasteiger partial charge in [0.05, 0.1) is 11.0 Å². The molecule has 0 spiro atoms. The van der Waals surface area contributed by atoms with Gasteiger partial charge in [-0.25, -0.2) is 4.98 Å². The summed E-state index contributed by atoms with van der Waals surface area (Å²) < 4.78 is 2.09. The number of carbonyl (C=O) groups excluding carboxylic acids is 2. The highest BCUT2D eigenvalue weighted by Gasteiger charge is 2.19. The molecule has 1 aliphatic rings. The minimum Gasteiger partial charge on any atom is -0.329 e. The quantitative estimate of drug-likeness (QED) is 0.517. The predicted molar refractivity (Wildman–Crippen MR) is 116 cm³/mol. The molecular weight excluding hydrogens is 376 g/mol. The van der Waals surface area contributed by atoms with Gasteiger partial charge in [-0.3, -0.25) is 20.4 Å². The van der Waals surface area contributed by atoms with Gasteiger partial charge in [0, 0.05) is 17.7 Å². The first-order chi connectivity index (χ1) is 14.6. The fourth-order valence-electron chi connectivity index (χ4n) is 4.49. The molecule has 0 radical (unpaired) electrons. The van der Waals surface area contributed by atoms with Gasteiger partial charge in [0.2, 0.25) is 0 Å². The number of rotatable bonds is 3. The number of aryl methyl sites for hydroxylation is 4. The summed E-state index contributed by atoms with van der Waals surface area (Å²) >= 11 is 0. The smallest absolute Gasteiger partial charge is 0.270 e. The Kier molecular flexibility index (Phi) is 4.28. The molecule has 0 bridgehead atoms. The van der Waals surface area contributed by atoms with E-state index in [4.69, 9.17) is 0 Å². The van der Waals surface area contributed by atoms with Crippen molar-refractivity contribution >= 4 is 33.6 Å². The van der Waals surface area contributed by atoms with Crippen LogP contribution in [0.25, 0.3) is 21.8 Å². The van der Waals surface area contributed by atoms with Crippen LogP contribution in [0, 0.1) is 6.92 Å². The molecule has 5 rings (SSSR count). The topological polar surface area (TPSA) is 76.0 Å². The van der Waals surface area contributed by atoms with Crippen LogP contribution in [0.4, 0.5) is 0 Å². The van der Waals surface area contributed by atoms with Gasteiger partial charge in [-0.2, -0.15) is 0 Å². The second-order valence-corrected chi connectivity index (χ2v) is 7.63. The lowest BCUT2D eigenvalue weighted by molar-refractivity contribution is 0.0847. The third kappa shape index (κ3) is 2.84. The molecule has 0 aliphatic heterocycles. The number of nitrogens with zero attached hydrogens (tertiary/aromatic N) is 2. The number of amides is 2. The Labute approximate surface area is 173 Å². The molecule has 0 saturated carbocycles. The summed E-state index contributed by atoms with van der Waals surface area (Å²) in [5.74, 6) is 0.205. The molecule has 2 amide bonds. The van der Waals surface area contributed by atoms with E-state index < -0.39 is 0 Å². The van der Waals surface area contributed by atoms with Crippen LogP contribution in [0.2, 0.25) is 0 Å². The van der Waals surface area contributed by atoms with E-state index in [-0.39, 0.29) is 11.8 Å². The second-order valence-electron chi connectivity index (χ2n) is 7.63. The van der Waals surface area contributed by atoms with Crippen LogP contribution in [0.3, 0.4) is 0 Å². The maximum Gasteiger partial charge on any atom is 0.270 e. The Morgan fingerprint density at radius 3 is 2.57 bits per heavy atom. The van der Waals surface area contributed by atoms with Crippen LogP contribution in [0.1, 0.15) is 44.6 Å². The number of nitrogens with one attached hydrogen (secondary N) is 2. The SMILES string of the molecule is CCn1c(C)nc2cc(C(=O)NNC(=O)c3ccc4c5c(cccc35)CC4)ccc21. The molecular formula is C24H22N4O2. The largest absolute Gasteiger partial charge is 0.329 e. The molecule has 1 aliphatic carbocycles. The Morgan fingerprint density at radius 2 is 1.77 bits per heavy atom. The van der Waals surface area contributed by atoms with E-state index in [2.05, 4.69) is 33.4 Å². The zero-order chi connectivity index (χ0) is 20.8. The van der Waals surface area contributed by atoms with Crippen LogP contribution in [-0.4, -0.2) is 21.4 Å². The van der Waals surface area contributed by atoms with Crippen molar-refractivity contribution in [2.24, 2.45) is 0 Å². The van der Waals surface area contributed by atoms with E-state index in [1.54, 1.807) is 12.1 Å². The average molecular weight is 398 g/mol. The minimum absolute atomic E-state index is 0.328. The van der Waals surface area contributed by atoms with E-state index in [0.29, 0.717) is 11.1 Å². The molecule has 4 aromatic rings. The highest BCUT2D eigenvalue weighted by atomic mass is 16.2. The van der Waals surface area contributed by atoms with Crippen molar-refractivity contribution in [2.75, 3.05) is 0 Å². The normalized spacial score (nSPS) is 12.5. The van der Waals surface area contributed by atoms with E-state index in [1.807, 2.05) is 37.3 Å². The zero-order valence-corrected chi connectivity index (χ0v) is 17.0. The van der Waals surface area contributed by atoms with Crippen LogP contribution < -0.4 is 10.9 Å². The molecule has 0 unspecified atom stereocenters. The Hall–Kier alpha value is -3.67.